The second-order valence-electron chi connectivity index (χ2n) is 6.86. The molecule has 1 atom stereocenters. The molecule has 0 bridgehead atoms. The van der Waals surface area contributed by atoms with Crippen LogP contribution < -0.4 is 14.4 Å². The Kier molecular flexibility index (Phi) is 5.10. The molecule has 0 saturated carbocycles. The van der Waals surface area contributed by atoms with Crippen molar-refractivity contribution in [3.8, 4) is 5.75 Å². The van der Waals surface area contributed by atoms with Crippen LogP contribution >= 0.6 is 11.6 Å². The van der Waals surface area contributed by atoms with E-state index in [1.165, 1.54) is 10.4 Å². The molecular weight excluding hydrogens is 412 g/mol. The van der Waals surface area contributed by atoms with E-state index >= 15 is 0 Å². The van der Waals surface area contributed by atoms with Crippen LogP contribution in [0.15, 0.2) is 60.7 Å². The summed E-state index contributed by atoms with van der Waals surface area (Å²) in [6.45, 7) is 0.111. The number of nitrogens with zero attached hydrogens (tertiary/aromatic N) is 1. The van der Waals surface area contributed by atoms with Crippen LogP contribution in [0, 0.1) is 0 Å². The fourth-order valence-corrected chi connectivity index (χ4v) is 4.53. The lowest BCUT2D eigenvalue weighted by atomic mass is 10.1. The van der Waals surface area contributed by atoms with Gasteiger partial charge in [-0.15, -0.1) is 0 Å². The van der Waals surface area contributed by atoms with Gasteiger partial charge in [0.1, 0.15) is 5.75 Å². The second-order valence-corrected chi connectivity index (χ2v) is 9.20. The molecule has 4 rings (SSSR count). The van der Waals surface area contributed by atoms with E-state index in [9.17, 15) is 13.2 Å². The number of hydrogen-bond acceptors (Lipinski definition) is 4. The molecule has 3 aromatic carbocycles. The molecule has 0 spiro atoms. The zero-order chi connectivity index (χ0) is 20.6. The number of fused-ring (bicyclic) bond motifs is 2. The lowest BCUT2D eigenvalue weighted by molar-refractivity contribution is -0.122. The number of ether oxygens (including phenoxy) is 1. The summed E-state index contributed by atoms with van der Waals surface area (Å²) < 4.78 is 31.6. The van der Waals surface area contributed by atoms with E-state index in [1.807, 2.05) is 42.5 Å². The Morgan fingerprint density at radius 3 is 2.69 bits per heavy atom. The third-order valence-electron chi connectivity index (χ3n) is 4.79. The number of rotatable bonds is 3. The number of anilines is 2. The monoisotopic (exact) mass is 430 g/mol. The highest BCUT2D eigenvalue weighted by Gasteiger charge is 2.31. The fourth-order valence-electron chi connectivity index (χ4n) is 3.43. The molecule has 1 aliphatic heterocycles. The van der Waals surface area contributed by atoms with Crippen LogP contribution in [0.4, 0.5) is 11.4 Å². The van der Waals surface area contributed by atoms with Gasteiger partial charge in [-0.25, -0.2) is 8.42 Å². The van der Waals surface area contributed by atoms with E-state index in [1.54, 1.807) is 12.1 Å². The van der Waals surface area contributed by atoms with Gasteiger partial charge in [0.25, 0.3) is 5.91 Å². The molecule has 1 N–H and O–H groups in total. The first kappa shape index (κ1) is 19.5. The lowest BCUT2D eigenvalue weighted by Gasteiger charge is -2.21. The summed E-state index contributed by atoms with van der Waals surface area (Å²) in [4.78, 5) is 13.0. The molecule has 3 aromatic rings. The summed E-state index contributed by atoms with van der Waals surface area (Å²) in [6.07, 6.45) is 0.477. The zero-order valence-electron chi connectivity index (χ0n) is 15.6. The predicted molar refractivity (Wildman–Crippen MR) is 115 cm³/mol. The van der Waals surface area contributed by atoms with E-state index in [0.29, 0.717) is 22.1 Å². The van der Waals surface area contributed by atoms with E-state index < -0.39 is 16.1 Å². The lowest BCUT2D eigenvalue weighted by Crippen LogP contribution is -2.36. The molecule has 0 radical (unpaired) electrons. The van der Waals surface area contributed by atoms with Crippen molar-refractivity contribution in [2.45, 2.75) is 12.5 Å². The number of benzene rings is 3. The standard InChI is InChI=1S/C21H19ClN2O4S/c1-29(26,27)24-12-11-20(28-19-10-9-15(22)13-18(19)24)21(25)23-17-8-4-6-14-5-2-3-7-16(14)17/h2-10,13,20H,11-12H2,1H3,(H,23,25)/t20-/m1/s1. The highest BCUT2D eigenvalue weighted by Crippen LogP contribution is 2.36. The molecule has 150 valence electrons. The minimum absolute atomic E-state index is 0.111. The van der Waals surface area contributed by atoms with Gasteiger partial charge in [0.15, 0.2) is 6.10 Å². The van der Waals surface area contributed by atoms with Crippen molar-refractivity contribution in [2.24, 2.45) is 0 Å². The van der Waals surface area contributed by atoms with Gasteiger partial charge in [0, 0.05) is 29.1 Å². The van der Waals surface area contributed by atoms with Gasteiger partial charge < -0.3 is 10.1 Å². The van der Waals surface area contributed by atoms with Gasteiger partial charge in [0.05, 0.1) is 11.9 Å². The quantitative estimate of drug-likeness (QED) is 0.680. The summed E-state index contributed by atoms with van der Waals surface area (Å²) in [6, 6.07) is 18.1. The average molecular weight is 431 g/mol. The Hall–Kier alpha value is -2.77. The van der Waals surface area contributed by atoms with Crippen molar-refractivity contribution in [1.29, 1.82) is 0 Å². The molecule has 0 aliphatic carbocycles. The number of hydrogen-bond donors (Lipinski definition) is 1. The maximum atomic E-state index is 13.0. The van der Waals surface area contributed by atoms with Crippen LogP contribution in [0.3, 0.4) is 0 Å². The van der Waals surface area contributed by atoms with Gasteiger partial charge in [0.2, 0.25) is 10.0 Å². The Labute approximate surface area is 174 Å². The maximum absolute atomic E-state index is 13.0. The van der Waals surface area contributed by atoms with E-state index in [-0.39, 0.29) is 18.9 Å². The predicted octanol–water partition coefficient (Wildman–Crippen LogP) is 4.05. The SMILES string of the molecule is CS(=O)(=O)N1CC[C@H](C(=O)Nc2cccc3ccccc23)Oc2ccc(Cl)cc21. The first-order valence-electron chi connectivity index (χ1n) is 9.05. The second kappa shape index (κ2) is 7.57. The van der Waals surface area contributed by atoms with Crippen molar-refractivity contribution in [1.82, 2.24) is 0 Å². The Morgan fingerprint density at radius 1 is 1.14 bits per heavy atom. The summed E-state index contributed by atoms with van der Waals surface area (Å²) in [5, 5.41) is 5.24. The van der Waals surface area contributed by atoms with Crippen molar-refractivity contribution in [3.63, 3.8) is 0 Å². The number of carbonyl (C=O) groups is 1. The Morgan fingerprint density at radius 2 is 1.90 bits per heavy atom. The summed E-state index contributed by atoms with van der Waals surface area (Å²) in [7, 11) is -3.55. The third kappa shape index (κ3) is 4.02. The molecule has 1 heterocycles. The van der Waals surface area contributed by atoms with Crippen LogP contribution in [0.2, 0.25) is 5.02 Å². The topological polar surface area (TPSA) is 75.7 Å². The highest BCUT2D eigenvalue weighted by atomic mass is 35.5. The first-order chi connectivity index (χ1) is 13.8. The first-order valence-corrected chi connectivity index (χ1v) is 11.3. The fraction of sp³-hybridized carbons (Fsp3) is 0.190. The summed E-state index contributed by atoms with van der Waals surface area (Å²) >= 11 is 6.05. The smallest absolute Gasteiger partial charge is 0.265 e. The van der Waals surface area contributed by atoms with Crippen LogP contribution in [-0.2, 0) is 14.8 Å². The van der Waals surface area contributed by atoms with E-state index in [4.69, 9.17) is 16.3 Å². The third-order valence-corrected chi connectivity index (χ3v) is 6.21. The zero-order valence-corrected chi connectivity index (χ0v) is 17.2. The van der Waals surface area contributed by atoms with E-state index in [2.05, 4.69) is 5.32 Å². The van der Waals surface area contributed by atoms with Crippen LogP contribution in [0.1, 0.15) is 6.42 Å². The molecule has 1 amide bonds. The van der Waals surface area contributed by atoms with Crippen molar-refractivity contribution in [2.75, 3.05) is 22.4 Å². The Balaban J connectivity index is 1.64. The number of amides is 1. The number of sulfonamides is 1. The average Bonchev–Trinajstić information content (AvgIpc) is 2.87. The van der Waals surface area contributed by atoms with Crippen molar-refractivity contribution in [3.05, 3.63) is 65.7 Å². The summed E-state index contributed by atoms with van der Waals surface area (Å²) in [5.74, 6) is -0.0343. The van der Waals surface area contributed by atoms with Crippen LogP contribution in [0.25, 0.3) is 10.8 Å². The highest BCUT2D eigenvalue weighted by molar-refractivity contribution is 7.92. The number of halogens is 1. The molecule has 6 nitrogen and oxygen atoms in total. The molecule has 0 saturated heterocycles. The van der Waals surface area contributed by atoms with Gasteiger partial charge in [-0.05, 0) is 29.7 Å². The van der Waals surface area contributed by atoms with Gasteiger partial charge in [-0.3, -0.25) is 9.10 Å². The van der Waals surface area contributed by atoms with Crippen LogP contribution in [-0.4, -0.2) is 33.2 Å². The molecule has 0 unspecified atom stereocenters. The van der Waals surface area contributed by atoms with Crippen LogP contribution in [0.5, 0.6) is 5.75 Å². The molecule has 8 heteroatoms. The van der Waals surface area contributed by atoms with Gasteiger partial charge in [-0.2, -0.15) is 0 Å². The minimum Gasteiger partial charge on any atom is -0.478 e. The van der Waals surface area contributed by atoms with E-state index in [0.717, 1.165) is 17.0 Å². The minimum atomic E-state index is -3.55. The van der Waals surface area contributed by atoms with Gasteiger partial charge >= 0.3 is 0 Å². The molecular formula is C21H19ClN2O4S. The molecule has 0 fully saturated rings. The molecule has 29 heavy (non-hydrogen) atoms. The molecule has 1 aliphatic rings. The maximum Gasteiger partial charge on any atom is 0.265 e. The normalized spacial score (nSPS) is 16.6. The number of nitrogens with one attached hydrogen (secondary N) is 1. The van der Waals surface area contributed by atoms with Crippen molar-refractivity contribution >= 4 is 49.7 Å². The Bertz CT molecular complexity index is 1190. The van der Waals surface area contributed by atoms with Crippen molar-refractivity contribution < 1.29 is 17.9 Å². The molecule has 0 aromatic heterocycles. The largest absolute Gasteiger partial charge is 0.478 e. The summed E-state index contributed by atoms with van der Waals surface area (Å²) in [5.41, 5.74) is 1.01. The van der Waals surface area contributed by atoms with Gasteiger partial charge in [-0.1, -0.05) is 48.0 Å². The number of carbonyl (C=O) groups excluding carboxylic acids is 1.